The van der Waals surface area contributed by atoms with E-state index < -0.39 is 16.1 Å². The largest absolute Gasteiger partial charge is 0.333 e. The molecule has 0 aromatic heterocycles. The van der Waals surface area contributed by atoms with Crippen molar-refractivity contribution in [3.05, 3.63) is 22.2 Å². The Kier molecular flexibility index (Phi) is 2.29. The van der Waals surface area contributed by atoms with Crippen LogP contribution >= 0.6 is 23.2 Å². The lowest BCUT2D eigenvalue weighted by Gasteiger charge is -2.19. The monoisotopic (exact) mass is 266 g/mol. The molecule has 8 heteroatoms. The van der Waals surface area contributed by atoms with Gasteiger partial charge in [-0.15, -0.1) is 0 Å². The maximum absolute atomic E-state index is 11.5. The molecule has 2 rings (SSSR count). The maximum Gasteiger partial charge on any atom is 0.333 e. The van der Waals surface area contributed by atoms with Gasteiger partial charge in [-0.05, 0) is 12.1 Å². The predicted molar refractivity (Wildman–Crippen MR) is 55.8 cm³/mol. The molecule has 1 aliphatic heterocycles. The summed E-state index contributed by atoms with van der Waals surface area (Å²) in [4.78, 5) is 10.8. The van der Waals surface area contributed by atoms with Gasteiger partial charge in [0.15, 0.2) is 0 Å². The van der Waals surface area contributed by atoms with Gasteiger partial charge in [0.05, 0.1) is 10.7 Å². The molecule has 0 atom stereocenters. The number of hydrogen-bond acceptors (Lipinski definition) is 3. The van der Waals surface area contributed by atoms with E-state index in [0.717, 1.165) is 0 Å². The third-order valence-electron chi connectivity index (χ3n) is 1.77. The molecule has 0 spiro atoms. The Labute approximate surface area is 95.4 Å². The van der Waals surface area contributed by atoms with Crippen molar-refractivity contribution >= 4 is 44.9 Å². The first-order valence-corrected chi connectivity index (χ1v) is 5.97. The molecule has 15 heavy (non-hydrogen) atoms. The van der Waals surface area contributed by atoms with E-state index in [1.807, 2.05) is 0 Å². The Morgan fingerprint density at radius 2 is 1.87 bits per heavy atom. The van der Waals surface area contributed by atoms with Crippen molar-refractivity contribution in [2.24, 2.45) is 0 Å². The first kappa shape index (κ1) is 10.5. The van der Waals surface area contributed by atoms with Gasteiger partial charge in [0.1, 0.15) is 4.90 Å². The molecule has 80 valence electrons. The number of sulfonamides is 1. The summed E-state index contributed by atoms with van der Waals surface area (Å²) in [6, 6.07) is 1.72. The van der Waals surface area contributed by atoms with Crippen LogP contribution in [0.2, 0.25) is 10.0 Å². The van der Waals surface area contributed by atoms with E-state index in [2.05, 4.69) is 5.32 Å². The molecule has 1 aliphatic rings. The lowest BCUT2D eigenvalue weighted by Crippen LogP contribution is -2.39. The number of halogens is 2. The standard InChI is InChI=1S/C7H4Cl2N2O3S/c8-3-1-4(9)6-5(2-3)15(13,14)11-7(12)10-6/h1-2H,(H2,10,11,12). The fraction of sp³-hybridized carbons (Fsp3) is 0. The molecule has 0 saturated carbocycles. The Bertz CT molecular complexity index is 556. The zero-order chi connectivity index (χ0) is 11.2. The highest BCUT2D eigenvalue weighted by Crippen LogP contribution is 2.34. The zero-order valence-electron chi connectivity index (χ0n) is 7.04. The molecule has 2 amide bonds. The molecule has 0 fully saturated rings. The fourth-order valence-corrected chi connectivity index (χ4v) is 2.98. The number of anilines is 1. The lowest BCUT2D eigenvalue weighted by atomic mass is 10.3. The Morgan fingerprint density at radius 3 is 2.53 bits per heavy atom. The van der Waals surface area contributed by atoms with Crippen molar-refractivity contribution in [1.82, 2.24) is 4.72 Å². The number of hydrogen-bond donors (Lipinski definition) is 2. The number of amides is 2. The highest BCUT2D eigenvalue weighted by Gasteiger charge is 2.29. The molecule has 0 aliphatic carbocycles. The van der Waals surface area contributed by atoms with Crippen LogP contribution in [0.3, 0.4) is 0 Å². The quantitative estimate of drug-likeness (QED) is 0.752. The van der Waals surface area contributed by atoms with Crippen LogP contribution in [0.5, 0.6) is 0 Å². The summed E-state index contributed by atoms with van der Waals surface area (Å²) in [5.74, 6) is 0. The Balaban J connectivity index is 2.78. The van der Waals surface area contributed by atoms with Gasteiger partial charge in [-0.1, -0.05) is 23.2 Å². The summed E-state index contributed by atoms with van der Waals surface area (Å²) < 4.78 is 24.8. The van der Waals surface area contributed by atoms with E-state index >= 15 is 0 Å². The summed E-state index contributed by atoms with van der Waals surface area (Å²) in [7, 11) is -3.87. The second-order valence-electron chi connectivity index (χ2n) is 2.82. The lowest BCUT2D eigenvalue weighted by molar-refractivity contribution is 0.256. The molecule has 1 heterocycles. The van der Waals surface area contributed by atoms with Gasteiger partial charge in [-0.2, -0.15) is 0 Å². The van der Waals surface area contributed by atoms with Crippen LogP contribution in [-0.2, 0) is 10.0 Å². The molecule has 1 aromatic carbocycles. The smallest absolute Gasteiger partial charge is 0.304 e. The topological polar surface area (TPSA) is 75.3 Å². The minimum absolute atomic E-state index is 0.0461. The van der Waals surface area contributed by atoms with Gasteiger partial charge >= 0.3 is 6.03 Å². The van der Waals surface area contributed by atoms with E-state index in [1.54, 1.807) is 4.72 Å². The number of carbonyl (C=O) groups excluding carboxylic acids is 1. The van der Waals surface area contributed by atoms with Gasteiger partial charge in [-0.25, -0.2) is 17.9 Å². The molecule has 0 saturated heterocycles. The summed E-state index contributed by atoms with van der Waals surface area (Å²) in [5, 5.41) is 2.55. The van der Waals surface area contributed by atoms with Crippen LogP contribution in [0.4, 0.5) is 10.5 Å². The molecule has 5 nitrogen and oxygen atoms in total. The molecular formula is C7H4Cl2N2O3S. The maximum atomic E-state index is 11.5. The van der Waals surface area contributed by atoms with Gasteiger partial charge < -0.3 is 5.32 Å². The van der Waals surface area contributed by atoms with Crippen molar-refractivity contribution in [2.75, 3.05) is 5.32 Å². The number of benzene rings is 1. The summed E-state index contributed by atoms with van der Waals surface area (Å²) in [6.07, 6.45) is 0. The summed E-state index contributed by atoms with van der Waals surface area (Å²) in [5.41, 5.74) is 0.0461. The number of rotatable bonds is 0. The summed E-state index contributed by atoms with van der Waals surface area (Å²) in [6.45, 7) is 0. The van der Waals surface area contributed by atoms with Crippen LogP contribution in [-0.4, -0.2) is 14.4 Å². The van der Waals surface area contributed by atoms with Gasteiger partial charge in [0.2, 0.25) is 0 Å². The molecule has 0 unspecified atom stereocenters. The van der Waals surface area contributed by atoms with Crippen LogP contribution in [0.15, 0.2) is 17.0 Å². The molecular weight excluding hydrogens is 263 g/mol. The van der Waals surface area contributed by atoms with Crippen molar-refractivity contribution in [2.45, 2.75) is 4.90 Å². The van der Waals surface area contributed by atoms with Crippen LogP contribution in [0.1, 0.15) is 0 Å². The second kappa shape index (κ2) is 3.26. The minimum Gasteiger partial charge on any atom is -0.304 e. The van der Waals surface area contributed by atoms with Crippen LogP contribution in [0, 0.1) is 0 Å². The number of carbonyl (C=O) groups is 1. The Hall–Kier alpha value is -0.980. The average molecular weight is 267 g/mol. The Morgan fingerprint density at radius 1 is 1.20 bits per heavy atom. The molecule has 0 bridgehead atoms. The van der Waals surface area contributed by atoms with E-state index in [0.29, 0.717) is 0 Å². The van der Waals surface area contributed by atoms with E-state index in [-0.39, 0.29) is 20.6 Å². The van der Waals surface area contributed by atoms with Gasteiger partial charge in [-0.3, -0.25) is 0 Å². The van der Waals surface area contributed by atoms with Gasteiger partial charge in [0.25, 0.3) is 10.0 Å². The number of nitrogens with one attached hydrogen (secondary N) is 2. The van der Waals surface area contributed by atoms with E-state index in [9.17, 15) is 13.2 Å². The highest BCUT2D eigenvalue weighted by atomic mass is 35.5. The van der Waals surface area contributed by atoms with Gasteiger partial charge in [0, 0.05) is 5.02 Å². The normalized spacial score (nSPS) is 17.6. The van der Waals surface area contributed by atoms with Crippen molar-refractivity contribution in [3.8, 4) is 0 Å². The SMILES string of the molecule is O=C1Nc2c(Cl)cc(Cl)cc2S(=O)(=O)N1. The molecule has 2 N–H and O–H groups in total. The van der Waals surface area contributed by atoms with Crippen molar-refractivity contribution in [1.29, 1.82) is 0 Å². The fourth-order valence-electron chi connectivity index (χ4n) is 1.20. The first-order valence-electron chi connectivity index (χ1n) is 3.73. The van der Waals surface area contributed by atoms with E-state index in [1.165, 1.54) is 12.1 Å². The second-order valence-corrected chi connectivity index (χ2v) is 5.31. The zero-order valence-corrected chi connectivity index (χ0v) is 9.37. The third-order valence-corrected chi connectivity index (χ3v) is 3.65. The predicted octanol–water partition coefficient (Wildman–Crippen LogP) is 1.82. The van der Waals surface area contributed by atoms with Crippen LogP contribution in [0.25, 0.3) is 0 Å². The van der Waals surface area contributed by atoms with Crippen molar-refractivity contribution < 1.29 is 13.2 Å². The highest BCUT2D eigenvalue weighted by molar-refractivity contribution is 7.90. The minimum atomic E-state index is -3.87. The third kappa shape index (κ3) is 1.75. The molecule has 1 aromatic rings. The average Bonchev–Trinajstić information content (AvgIpc) is 2.06. The summed E-state index contributed by atoms with van der Waals surface area (Å²) >= 11 is 11.4. The van der Waals surface area contributed by atoms with Crippen LogP contribution < -0.4 is 10.0 Å². The molecule has 0 radical (unpaired) electrons. The number of fused-ring (bicyclic) bond motifs is 1. The van der Waals surface area contributed by atoms with E-state index in [4.69, 9.17) is 23.2 Å². The van der Waals surface area contributed by atoms with Crippen molar-refractivity contribution in [3.63, 3.8) is 0 Å². The first-order chi connectivity index (χ1) is 6.90. The number of urea groups is 1.